The second kappa shape index (κ2) is 13.0. The number of carbonyl (C=O) groups excluding carboxylic acids is 2. The smallest absolute Gasteiger partial charge is 0.408 e. The first-order valence-electron chi connectivity index (χ1n) is 17.1. The van der Waals surface area contributed by atoms with Crippen LogP contribution in [0.1, 0.15) is 77.0 Å². The number of amides is 2. The van der Waals surface area contributed by atoms with Gasteiger partial charge in [0.25, 0.3) is 5.91 Å². The molecule has 3 aromatic heterocycles. The summed E-state index contributed by atoms with van der Waals surface area (Å²) in [6.45, 7) is 7.98. The lowest BCUT2D eigenvalue weighted by atomic mass is 9.72. The normalized spacial score (nSPS) is 16.7. The number of likely N-dealkylation sites (tertiary alicyclic amines) is 1. The van der Waals surface area contributed by atoms with Gasteiger partial charge in [-0.1, -0.05) is 36.3 Å². The van der Waals surface area contributed by atoms with Crippen LogP contribution >= 0.6 is 0 Å². The SMILES string of the molecule is CC#CC(=O)N1CCCC1c1cccc(-c2ccc3nc(-c4cccnc4N)n(-c4ccc(C5(NC(=O)OC(C)(C)C)CCC5)cc4)c3n2)c1. The number of imidazole rings is 1. The van der Waals surface area contributed by atoms with Crippen molar-refractivity contribution >= 4 is 29.0 Å². The van der Waals surface area contributed by atoms with E-state index >= 15 is 0 Å². The van der Waals surface area contributed by atoms with Crippen LogP contribution in [0.25, 0.3) is 39.5 Å². The number of rotatable bonds is 6. The van der Waals surface area contributed by atoms with Gasteiger partial charge in [-0.05, 0) is 119 Å². The number of pyridine rings is 2. The predicted octanol–water partition coefficient (Wildman–Crippen LogP) is 7.32. The summed E-state index contributed by atoms with van der Waals surface area (Å²) in [5.41, 5.74) is 12.0. The van der Waals surface area contributed by atoms with Crippen molar-refractivity contribution in [2.75, 3.05) is 12.3 Å². The highest BCUT2D eigenvalue weighted by molar-refractivity contribution is 5.94. The van der Waals surface area contributed by atoms with Crippen molar-refractivity contribution in [2.45, 2.75) is 77.0 Å². The average molecular weight is 668 g/mol. The minimum atomic E-state index is -0.585. The standard InChI is InChI=1S/C40H41N7O3/c1-5-10-34(48)46-24-8-14-33(46)27-12-6-11-26(25-27)31-19-20-32-37(43-31)47(36(44-32)30-13-7-23-42-35(30)41)29-17-15-28(16-18-29)40(21-9-22-40)45-38(49)50-39(2,3)4/h6-7,11-13,15-20,23,25,33H,8-9,14,21-22,24H2,1-4H3,(H2,41,42)(H,45,49). The number of benzene rings is 2. The number of hydrogen-bond acceptors (Lipinski definition) is 7. The van der Waals surface area contributed by atoms with Gasteiger partial charge >= 0.3 is 6.09 Å². The molecule has 1 aliphatic heterocycles. The van der Waals surface area contributed by atoms with Crippen molar-refractivity contribution in [2.24, 2.45) is 0 Å². The van der Waals surface area contributed by atoms with Crippen LogP contribution in [0.2, 0.25) is 0 Å². The van der Waals surface area contributed by atoms with Gasteiger partial charge in [-0.3, -0.25) is 9.36 Å². The average Bonchev–Trinajstić information content (AvgIpc) is 3.72. The zero-order valence-corrected chi connectivity index (χ0v) is 28.9. The van der Waals surface area contributed by atoms with Crippen molar-refractivity contribution < 1.29 is 14.3 Å². The van der Waals surface area contributed by atoms with E-state index in [4.69, 9.17) is 20.4 Å². The lowest BCUT2D eigenvalue weighted by molar-refractivity contribution is -0.126. The van der Waals surface area contributed by atoms with Crippen molar-refractivity contribution in [1.82, 2.24) is 29.7 Å². The van der Waals surface area contributed by atoms with Gasteiger partial charge in [-0.2, -0.15) is 0 Å². The van der Waals surface area contributed by atoms with Crippen molar-refractivity contribution in [3.63, 3.8) is 0 Å². The summed E-state index contributed by atoms with van der Waals surface area (Å²) in [7, 11) is 0. The molecule has 0 bridgehead atoms. The third-order valence-corrected chi connectivity index (χ3v) is 9.52. The predicted molar refractivity (Wildman–Crippen MR) is 194 cm³/mol. The second-order valence-corrected chi connectivity index (χ2v) is 14.0. The molecule has 5 aromatic rings. The molecule has 0 spiro atoms. The molecular weight excluding hydrogens is 626 g/mol. The number of aromatic nitrogens is 4. The van der Waals surface area contributed by atoms with Crippen LogP contribution < -0.4 is 11.1 Å². The minimum Gasteiger partial charge on any atom is -0.444 e. The molecule has 1 saturated heterocycles. The Morgan fingerprint density at radius 3 is 2.50 bits per heavy atom. The minimum absolute atomic E-state index is 0.0278. The van der Waals surface area contributed by atoms with Crippen LogP contribution in [0.5, 0.6) is 0 Å². The Bertz CT molecular complexity index is 2150. The molecule has 10 nitrogen and oxygen atoms in total. The molecule has 10 heteroatoms. The van der Waals surface area contributed by atoms with E-state index in [0.717, 1.165) is 60.2 Å². The van der Waals surface area contributed by atoms with Gasteiger partial charge in [-0.25, -0.2) is 19.7 Å². The lowest BCUT2D eigenvalue weighted by Gasteiger charge is -2.43. The quantitative estimate of drug-likeness (QED) is 0.182. The largest absolute Gasteiger partial charge is 0.444 e. The van der Waals surface area contributed by atoms with Gasteiger partial charge in [0.15, 0.2) is 11.5 Å². The number of nitrogens with two attached hydrogens (primary N) is 1. The molecule has 1 atom stereocenters. The highest BCUT2D eigenvalue weighted by Gasteiger charge is 2.41. The van der Waals surface area contributed by atoms with Gasteiger partial charge in [0, 0.05) is 24.0 Å². The number of anilines is 1. The maximum absolute atomic E-state index is 12.8. The first-order chi connectivity index (χ1) is 24.0. The number of nitrogen functional groups attached to an aromatic ring is 1. The molecular formula is C40H41N7O3. The van der Waals surface area contributed by atoms with E-state index in [-0.39, 0.29) is 11.9 Å². The van der Waals surface area contributed by atoms with Gasteiger partial charge in [-0.15, -0.1) is 0 Å². The molecule has 1 saturated carbocycles. The Labute approximate surface area is 292 Å². The zero-order chi connectivity index (χ0) is 35.0. The zero-order valence-electron chi connectivity index (χ0n) is 28.9. The fraction of sp³-hybridized carbons (Fsp3) is 0.325. The summed E-state index contributed by atoms with van der Waals surface area (Å²) in [5.74, 6) is 6.31. The van der Waals surface area contributed by atoms with Crippen LogP contribution in [0.3, 0.4) is 0 Å². The Morgan fingerprint density at radius 1 is 1.00 bits per heavy atom. The summed E-state index contributed by atoms with van der Waals surface area (Å²) in [5, 5.41) is 3.15. The maximum Gasteiger partial charge on any atom is 0.408 e. The fourth-order valence-corrected chi connectivity index (χ4v) is 7.03. The first kappa shape index (κ1) is 32.8. The maximum atomic E-state index is 12.8. The molecule has 7 rings (SSSR count). The molecule has 2 aromatic carbocycles. The van der Waals surface area contributed by atoms with E-state index in [9.17, 15) is 9.59 Å². The molecule has 2 aliphatic rings. The van der Waals surface area contributed by atoms with Gasteiger partial charge in [0.05, 0.1) is 22.8 Å². The molecule has 1 aliphatic carbocycles. The summed E-state index contributed by atoms with van der Waals surface area (Å²) in [6, 6.07) is 24.1. The first-order valence-corrected chi connectivity index (χ1v) is 17.1. The van der Waals surface area contributed by atoms with Crippen molar-refractivity contribution in [3.8, 4) is 40.2 Å². The molecule has 254 valence electrons. The number of fused-ring (bicyclic) bond motifs is 1. The monoisotopic (exact) mass is 667 g/mol. The Kier molecular flexibility index (Phi) is 8.52. The van der Waals surface area contributed by atoms with E-state index < -0.39 is 17.2 Å². The fourth-order valence-electron chi connectivity index (χ4n) is 7.03. The molecule has 0 radical (unpaired) electrons. The number of hydrogen-bond donors (Lipinski definition) is 2. The molecule has 2 fully saturated rings. The Hall–Kier alpha value is -5.69. The van der Waals surface area contributed by atoms with Gasteiger partial charge in [0.1, 0.15) is 16.9 Å². The Balaban J connectivity index is 1.29. The number of carbonyl (C=O) groups is 2. The van der Waals surface area contributed by atoms with Crippen LogP contribution in [0.15, 0.2) is 79.0 Å². The topological polar surface area (TPSA) is 128 Å². The van der Waals surface area contributed by atoms with Gasteiger partial charge < -0.3 is 20.7 Å². The van der Waals surface area contributed by atoms with Crippen LogP contribution in [0, 0.1) is 11.8 Å². The third kappa shape index (κ3) is 6.27. The highest BCUT2D eigenvalue weighted by Crippen LogP contribution is 2.42. The lowest BCUT2D eigenvalue weighted by Crippen LogP contribution is -2.52. The summed E-state index contributed by atoms with van der Waals surface area (Å²) in [4.78, 5) is 41.9. The van der Waals surface area contributed by atoms with E-state index in [0.29, 0.717) is 34.9 Å². The molecule has 4 heterocycles. The van der Waals surface area contributed by atoms with E-state index in [1.807, 2.05) is 78.8 Å². The molecule has 3 N–H and O–H groups in total. The highest BCUT2D eigenvalue weighted by atomic mass is 16.6. The number of nitrogens with zero attached hydrogens (tertiary/aromatic N) is 5. The summed E-state index contributed by atoms with van der Waals surface area (Å²) >= 11 is 0. The van der Waals surface area contributed by atoms with E-state index in [2.05, 4.69) is 46.4 Å². The van der Waals surface area contributed by atoms with Crippen molar-refractivity contribution in [1.29, 1.82) is 0 Å². The third-order valence-electron chi connectivity index (χ3n) is 9.52. The van der Waals surface area contributed by atoms with Gasteiger partial charge in [0.2, 0.25) is 0 Å². The van der Waals surface area contributed by atoms with Crippen LogP contribution in [-0.2, 0) is 15.1 Å². The van der Waals surface area contributed by atoms with Crippen molar-refractivity contribution in [3.05, 3.63) is 90.1 Å². The second-order valence-electron chi connectivity index (χ2n) is 14.0. The summed E-state index contributed by atoms with van der Waals surface area (Å²) < 4.78 is 7.60. The number of alkyl carbamates (subject to hydrolysis) is 1. The molecule has 50 heavy (non-hydrogen) atoms. The van der Waals surface area contributed by atoms with E-state index in [1.54, 1.807) is 13.1 Å². The number of ether oxygens (including phenoxy) is 1. The molecule has 2 amide bonds. The van der Waals surface area contributed by atoms with E-state index in [1.165, 1.54) is 0 Å². The number of nitrogens with one attached hydrogen (secondary N) is 1. The van der Waals surface area contributed by atoms with Crippen LogP contribution in [-0.4, -0.2) is 48.6 Å². The molecule has 1 unspecified atom stereocenters. The Morgan fingerprint density at radius 2 is 1.80 bits per heavy atom. The van der Waals surface area contributed by atoms with Crippen LogP contribution in [0.4, 0.5) is 10.6 Å². The summed E-state index contributed by atoms with van der Waals surface area (Å²) in [6.07, 6.45) is 5.75.